The summed E-state index contributed by atoms with van der Waals surface area (Å²) in [6.45, 7) is 6.04. The maximum atomic E-state index is 11.9. The van der Waals surface area contributed by atoms with Crippen molar-refractivity contribution in [3.05, 3.63) is 29.3 Å². The lowest BCUT2D eigenvalue weighted by Crippen LogP contribution is -2.33. The van der Waals surface area contributed by atoms with Gasteiger partial charge in [0.2, 0.25) is 0 Å². The lowest BCUT2D eigenvalue weighted by molar-refractivity contribution is 0.565. The number of nitrogens with two attached hydrogens (primary N) is 1. The lowest BCUT2D eigenvalue weighted by atomic mass is 10.1. The van der Waals surface area contributed by atoms with Gasteiger partial charge in [0.1, 0.15) is 4.99 Å². The van der Waals surface area contributed by atoms with E-state index in [1.807, 2.05) is 26.8 Å². The van der Waals surface area contributed by atoms with Gasteiger partial charge in [-0.1, -0.05) is 38.2 Å². The molecule has 0 aliphatic carbocycles. The van der Waals surface area contributed by atoms with Crippen molar-refractivity contribution in [3.8, 4) is 0 Å². The zero-order valence-electron chi connectivity index (χ0n) is 11.2. The molecule has 0 radical (unpaired) electrons. The molecule has 7 heteroatoms. The van der Waals surface area contributed by atoms with Gasteiger partial charge in [0.05, 0.1) is 5.69 Å². The molecule has 1 aromatic rings. The Bertz CT molecular complexity index is 568. The van der Waals surface area contributed by atoms with E-state index in [0.29, 0.717) is 17.8 Å². The van der Waals surface area contributed by atoms with Crippen molar-refractivity contribution >= 4 is 33.1 Å². The fourth-order valence-corrected chi connectivity index (χ4v) is 2.89. The van der Waals surface area contributed by atoms with E-state index in [4.69, 9.17) is 18.0 Å². The van der Waals surface area contributed by atoms with Crippen LogP contribution in [0.15, 0.2) is 18.2 Å². The molecule has 1 rings (SSSR count). The molecule has 0 saturated carbocycles. The molecule has 5 nitrogen and oxygen atoms in total. The third kappa shape index (κ3) is 4.77. The first-order valence-electron chi connectivity index (χ1n) is 5.89. The van der Waals surface area contributed by atoms with Crippen LogP contribution in [0.5, 0.6) is 0 Å². The summed E-state index contributed by atoms with van der Waals surface area (Å²) in [6, 6.07) is 5.21. The summed E-state index contributed by atoms with van der Waals surface area (Å²) in [5.41, 5.74) is 7.40. The molecule has 0 saturated heterocycles. The number of hydrogen-bond donors (Lipinski definition) is 3. The Hall–Kier alpha value is -1.18. The first kappa shape index (κ1) is 15.9. The number of benzene rings is 1. The van der Waals surface area contributed by atoms with Crippen LogP contribution >= 0.6 is 12.2 Å². The molecule has 0 atom stereocenters. The SMILES string of the molecule is Cc1cccc(NS(=O)(=O)NCC(C)C)c1C(N)=S. The zero-order chi connectivity index (χ0) is 14.6. The first-order valence-corrected chi connectivity index (χ1v) is 7.79. The summed E-state index contributed by atoms with van der Waals surface area (Å²) in [4.78, 5) is 0.166. The van der Waals surface area contributed by atoms with E-state index < -0.39 is 10.2 Å². The van der Waals surface area contributed by atoms with Crippen molar-refractivity contribution in [2.45, 2.75) is 20.8 Å². The molecule has 1 aromatic carbocycles. The minimum absolute atomic E-state index is 0.166. The zero-order valence-corrected chi connectivity index (χ0v) is 12.9. The summed E-state index contributed by atoms with van der Waals surface area (Å²) in [6.07, 6.45) is 0. The fraction of sp³-hybridized carbons (Fsp3) is 0.417. The Labute approximate surface area is 119 Å². The minimum atomic E-state index is -3.62. The van der Waals surface area contributed by atoms with Crippen LogP contribution in [0.4, 0.5) is 5.69 Å². The van der Waals surface area contributed by atoms with Crippen LogP contribution in [-0.4, -0.2) is 20.0 Å². The summed E-state index contributed by atoms with van der Waals surface area (Å²) in [5.74, 6) is 0.226. The molecule has 0 heterocycles. The molecule has 0 aliphatic rings. The van der Waals surface area contributed by atoms with Crippen LogP contribution in [0.3, 0.4) is 0 Å². The van der Waals surface area contributed by atoms with Gasteiger partial charge in [0.25, 0.3) is 10.2 Å². The Balaban J connectivity index is 3.00. The van der Waals surface area contributed by atoms with E-state index in [2.05, 4.69) is 9.44 Å². The van der Waals surface area contributed by atoms with Crippen molar-refractivity contribution in [3.63, 3.8) is 0 Å². The molecule has 0 aliphatic heterocycles. The standard InChI is InChI=1S/C12H19N3O2S2/c1-8(2)7-14-19(16,17)15-10-6-4-5-9(3)11(10)12(13)18/h4-6,8,14-15H,7H2,1-3H3,(H2,13,18). The highest BCUT2D eigenvalue weighted by atomic mass is 32.2. The molecule has 0 spiro atoms. The molecule has 0 aromatic heterocycles. The maximum Gasteiger partial charge on any atom is 0.299 e. The third-order valence-corrected chi connectivity index (χ3v) is 3.68. The van der Waals surface area contributed by atoms with E-state index in [0.717, 1.165) is 5.56 Å². The highest BCUT2D eigenvalue weighted by Gasteiger charge is 2.15. The number of anilines is 1. The Morgan fingerprint density at radius 2 is 2.05 bits per heavy atom. The minimum Gasteiger partial charge on any atom is -0.389 e. The quantitative estimate of drug-likeness (QED) is 0.696. The van der Waals surface area contributed by atoms with Crippen LogP contribution in [0, 0.1) is 12.8 Å². The Morgan fingerprint density at radius 3 is 2.58 bits per heavy atom. The molecular weight excluding hydrogens is 282 g/mol. The van der Waals surface area contributed by atoms with Gasteiger partial charge in [-0.15, -0.1) is 0 Å². The lowest BCUT2D eigenvalue weighted by Gasteiger charge is -2.15. The van der Waals surface area contributed by atoms with Crippen LogP contribution in [0.25, 0.3) is 0 Å². The van der Waals surface area contributed by atoms with Crippen molar-refractivity contribution in [2.24, 2.45) is 11.7 Å². The summed E-state index contributed by atoms with van der Waals surface area (Å²) in [7, 11) is -3.62. The molecule has 19 heavy (non-hydrogen) atoms. The summed E-state index contributed by atoms with van der Waals surface area (Å²) in [5, 5.41) is 0. The van der Waals surface area contributed by atoms with Gasteiger partial charge in [0, 0.05) is 12.1 Å². The maximum absolute atomic E-state index is 11.9. The molecule has 106 valence electrons. The average molecular weight is 301 g/mol. The molecular formula is C12H19N3O2S2. The van der Waals surface area contributed by atoms with E-state index in [-0.39, 0.29) is 10.9 Å². The van der Waals surface area contributed by atoms with E-state index in [9.17, 15) is 8.42 Å². The van der Waals surface area contributed by atoms with Crippen LogP contribution in [0.2, 0.25) is 0 Å². The number of aryl methyl sites for hydroxylation is 1. The number of thiocarbonyl (C=S) groups is 1. The monoisotopic (exact) mass is 301 g/mol. The molecule has 0 fully saturated rings. The Kier molecular flexibility index (Phi) is 5.28. The molecule has 0 bridgehead atoms. The van der Waals surface area contributed by atoms with E-state index in [1.165, 1.54) is 0 Å². The van der Waals surface area contributed by atoms with Crippen LogP contribution < -0.4 is 15.2 Å². The van der Waals surface area contributed by atoms with E-state index >= 15 is 0 Å². The second-order valence-electron chi connectivity index (χ2n) is 4.71. The smallest absolute Gasteiger partial charge is 0.299 e. The van der Waals surface area contributed by atoms with Gasteiger partial charge in [-0.3, -0.25) is 4.72 Å². The van der Waals surface area contributed by atoms with Gasteiger partial charge in [-0.25, -0.2) is 0 Å². The van der Waals surface area contributed by atoms with E-state index in [1.54, 1.807) is 12.1 Å². The predicted molar refractivity (Wildman–Crippen MR) is 82.4 cm³/mol. The van der Waals surface area contributed by atoms with Gasteiger partial charge in [0.15, 0.2) is 0 Å². The van der Waals surface area contributed by atoms with Gasteiger partial charge >= 0.3 is 0 Å². The second-order valence-corrected chi connectivity index (χ2v) is 6.65. The fourth-order valence-electron chi connectivity index (χ4n) is 1.54. The van der Waals surface area contributed by atoms with Gasteiger partial charge in [-0.2, -0.15) is 13.1 Å². The van der Waals surface area contributed by atoms with Gasteiger partial charge < -0.3 is 5.73 Å². The molecule has 0 amide bonds. The van der Waals surface area contributed by atoms with Crippen molar-refractivity contribution in [2.75, 3.05) is 11.3 Å². The Morgan fingerprint density at radius 1 is 1.42 bits per heavy atom. The topological polar surface area (TPSA) is 84.2 Å². The van der Waals surface area contributed by atoms with Crippen LogP contribution in [0.1, 0.15) is 25.0 Å². The predicted octanol–water partition coefficient (Wildman–Crippen LogP) is 1.53. The van der Waals surface area contributed by atoms with Crippen molar-refractivity contribution in [1.82, 2.24) is 4.72 Å². The highest BCUT2D eigenvalue weighted by molar-refractivity contribution is 7.90. The van der Waals surface area contributed by atoms with Crippen LogP contribution in [-0.2, 0) is 10.2 Å². The third-order valence-electron chi connectivity index (χ3n) is 2.45. The number of nitrogens with one attached hydrogen (secondary N) is 2. The second kappa shape index (κ2) is 6.31. The largest absolute Gasteiger partial charge is 0.389 e. The summed E-state index contributed by atoms with van der Waals surface area (Å²) < 4.78 is 28.7. The first-order chi connectivity index (χ1) is 8.73. The number of rotatable bonds is 6. The summed E-state index contributed by atoms with van der Waals surface area (Å²) >= 11 is 4.95. The number of hydrogen-bond acceptors (Lipinski definition) is 3. The highest BCUT2D eigenvalue weighted by Crippen LogP contribution is 2.20. The average Bonchev–Trinajstić information content (AvgIpc) is 2.25. The molecule has 0 unspecified atom stereocenters. The normalized spacial score (nSPS) is 11.6. The molecule has 4 N–H and O–H groups in total. The van der Waals surface area contributed by atoms with Crippen molar-refractivity contribution < 1.29 is 8.42 Å². The van der Waals surface area contributed by atoms with Gasteiger partial charge in [-0.05, 0) is 24.5 Å². The van der Waals surface area contributed by atoms with Crippen molar-refractivity contribution in [1.29, 1.82) is 0 Å².